The third kappa shape index (κ3) is 3.94. The number of ether oxygens (including phenoxy) is 1. The number of benzene rings is 1. The van der Waals surface area contributed by atoms with E-state index in [1.165, 1.54) is 6.07 Å². The molecule has 18 heavy (non-hydrogen) atoms. The molecule has 0 spiro atoms. The van der Waals surface area contributed by atoms with Crippen molar-refractivity contribution in [1.82, 2.24) is 0 Å². The Kier molecular flexibility index (Phi) is 6.06. The molecule has 0 aromatic heterocycles. The lowest BCUT2D eigenvalue weighted by molar-refractivity contribution is -0.0564. The van der Waals surface area contributed by atoms with E-state index >= 15 is 0 Å². The molecule has 0 aliphatic carbocycles. The van der Waals surface area contributed by atoms with Gasteiger partial charge in [-0.1, -0.05) is 37.6 Å². The van der Waals surface area contributed by atoms with Gasteiger partial charge in [0.25, 0.3) is 0 Å². The number of halogens is 2. The zero-order valence-electron chi connectivity index (χ0n) is 11.0. The zero-order chi connectivity index (χ0) is 13.7. The molecular weight excluding hydrogens is 255 g/mol. The molecule has 0 radical (unpaired) electrons. The molecule has 0 amide bonds. The fourth-order valence-corrected chi connectivity index (χ4v) is 2.18. The number of rotatable bonds is 6. The summed E-state index contributed by atoms with van der Waals surface area (Å²) in [6, 6.07) is 4.81. The molecular formula is C14H20ClFO2. The van der Waals surface area contributed by atoms with Gasteiger partial charge in [0.1, 0.15) is 5.82 Å². The Bertz CT molecular complexity index is 382. The van der Waals surface area contributed by atoms with E-state index in [9.17, 15) is 9.50 Å². The molecule has 2 unspecified atom stereocenters. The molecule has 1 rings (SSSR count). The highest BCUT2D eigenvalue weighted by Crippen LogP contribution is 2.21. The van der Waals surface area contributed by atoms with Crippen molar-refractivity contribution in [3.8, 4) is 0 Å². The second kappa shape index (κ2) is 7.07. The van der Waals surface area contributed by atoms with Crippen LogP contribution in [0.15, 0.2) is 18.2 Å². The average Bonchev–Trinajstić information content (AvgIpc) is 2.31. The van der Waals surface area contributed by atoms with Crippen LogP contribution in [0.25, 0.3) is 0 Å². The van der Waals surface area contributed by atoms with E-state index in [-0.39, 0.29) is 23.5 Å². The molecule has 0 fully saturated rings. The van der Waals surface area contributed by atoms with Gasteiger partial charge in [-0.05, 0) is 24.5 Å². The van der Waals surface area contributed by atoms with Gasteiger partial charge in [-0.25, -0.2) is 4.39 Å². The molecule has 1 aromatic carbocycles. The summed E-state index contributed by atoms with van der Waals surface area (Å²) in [5.41, 5.74) is 0.417. The Labute approximate surface area is 113 Å². The molecule has 4 heteroatoms. The van der Waals surface area contributed by atoms with E-state index < -0.39 is 11.9 Å². The van der Waals surface area contributed by atoms with Gasteiger partial charge in [-0.3, -0.25) is 0 Å². The van der Waals surface area contributed by atoms with E-state index in [0.717, 1.165) is 0 Å². The third-order valence-electron chi connectivity index (χ3n) is 2.86. The minimum atomic E-state index is -0.738. The lowest BCUT2D eigenvalue weighted by Crippen LogP contribution is -2.35. The molecule has 0 aliphatic rings. The molecule has 2 atom stereocenters. The molecule has 0 saturated carbocycles. The minimum Gasteiger partial charge on any atom is -0.390 e. The van der Waals surface area contributed by atoms with Gasteiger partial charge in [-0.15, -0.1) is 0 Å². The van der Waals surface area contributed by atoms with Crippen molar-refractivity contribution in [2.45, 2.75) is 39.4 Å². The van der Waals surface area contributed by atoms with Gasteiger partial charge in [-0.2, -0.15) is 0 Å². The fourth-order valence-electron chi connectivity index (χ4n) is 1.99. The van der Waals surface area contributed by atoms with Gasteiger partial charge < -0.3 is 9.84 Å². The molecule has 2 nitrogen and oxygen atoms in total. The largest absolute Gasteiger partial charge is 0.390 e. The van der Waals surface area contributed by atoms with Gasteiger partial charge in [0.15, 0.2) is 0 Å². The van der Waals surface area contributed by atoms with Crippen molar-refractivity contribution in [2.75, 3.05) is 6.61 Å². The summed E-state index contributed by atoms with van der Waals surface area (Å²) in [5, 5.41) is 10.2. The average molecular weight is 275 g/mol. The van der Waals surface area contributed by atoms with Crippen LogP contribution in [0.1, 0.15) is 26.3 Å². The van der Waals surface area contributed by atoms with Crippen LogP contribution in [0.3, 0.4) is 0 Å². The first-order valence-electron chi connectivity index (χ1n) is 6.19. The second-order valence-electron chi connectivity index (χ2n) is 4.65. The van der Waals surface area contributed by atoms with Gasteiger partial charge in [0, 0.05) is 13.0 Å². The van der Waals surface area contributed by atoms with Gasteiger partial charge in [0.2, 0.25) is 0 Å². The van der Waals surface area contributed by atoms with E-state index in [4.69, 9.17) is 16.3 Å². The minimum absolute atomic E-state index is 0.0807. The fraction of sp³-hybridized carbons (Fsp3) is 0.571. The topological polar surface area (TPSA) is 29.5 Å². The number of hydrogen-bond acceptors (Lipinski definition) is 2. The first-order valence-corrected chi connectivity index (χ1v) is 6.57. The molecule has 102 valence electrons. The van der Waals surface area contributed by atoms with Crippen molar-refractivity contribution in [3.63, 3.8) is 0 Å². The Morgan fingerprint density at radius 2 is 2.06 bits per heavy atom. The number of hydrogen-bond donors (Lipinski definition) is 1. The summed E-state index contributed by atoms with van der Waals surface area (Å²) < 4.78 is 19.2. The van der Waals surface area contributed by atoms with Crippen LogP contribution in [-0.4, -0.2) is 23.9 Å². The first kappa shape index (κ1) is 15.4. The Morgan fingerprint density at radius 1 is 1.39 bits per heavy atom. The Balaban J connectivity index is 2.79. The Morgan fingerprint density at radius 3 is 2.61 bits per heavy atom. The van der Waals surface area contributed by atoms with Crippen LogP contribution in [-0.2, 0) is 11.2 Å². The number of aliphatic hydroxyl groups excluding tert-OH is 1. The lowest BCUT2D eigenvalue weighted by atomic mass is 9.96. The lowest BCUT2D eigenvalue weighted by Gasteiger charge is -2.26. The summed E-state index contributed by atoms with van der Waals surface area (Å²) in [6.45, 7) is 6.34. The maximum atomic E-state index is 13.7. The molecule has 0 aliphatic heterocycles. The van der Waals surface area contributed by atoms with Crippen LogP contribution < -0.4 is 0 Å². The van der Waals surface area contributed by atoms with Crippen molar-refractivity contribution < 1.29 is 14.2 Å². The van der Waals surface area contributed by atoms with Crippen molar-refractivity contribution in [1.29, 1.82) is 0 Å². The summed E-state index contributed by atoms with van der Waals surface area (Å²) in [4.78, 5) is 0. The summed E-state index contributed by atoms with van der Waals surface area (Å²) in [7, 11) is 0. The monoisotopic (exact) mass is 274 g/mol. The molecule has 1 N–H and O–H groups in total. The maximum Gasteiger partial charge on any atom is 0.145 e. The van der Waals surface area contributed by atoms with Gasteiger partial charge >= 0.3 is 0 Å². The highest BCUT2D eigenvalue weighted by molar-refractivity contribution is 6.30. The summed E-state index contributed by atoms with van der Waals surface area (Å²) in [6.07, 6.45) is -0.832. The summed E-state index contributed by atoms with van der Waals surface area (Å²) >= 11 is 5.71. The van der Waals surface area contributed by atoms with Crippen molar-refractivity contribution >= 4 is 11.6 Å². The van der Waals surface area contributed by atoms with E-state index in [2.05, 4.69) is 0 Å². The quantitative estimate of drug-likeness (QED) is 0.861. The van der Waals surface area contributed by atoms with Crippen LogP contribution in [0.4, 0.5) is 4.39 Å². The van der Waals surface area contributed by atoms with E-state index in [1.807, 2.05) is 20.8 Å². The molecule has 0 bridgehead atoms. The van der Waals surface area contributed by atoms with Crippen LogP contribution in [0.5, 0.6) is 0 Å². The second-order valence-corrected chi connectivity index (χ2v) is 5.06. The third-order valence-corrected chi connectivity index (χ3v) is 3.15. The molecule has 0 saturated heterocycles. The Hall–Kier alpha value is -0.640. The van der Waals surface area contributed by atoms with E-state index in [0.29, 0.717) is 12.2 Å². The van der Waals surface area contributed by atoms with Crippen LogP contribution >= 0.6 is 11.6 Å². The van der Waals surface area contributed by atoms with Crippen molar-refractivity contribution in [3.05, 3.63) is 34.6 Å². The first-order chi connectivity index (χ1) is 8.47. The predicted molar refractivity (Wildman–Crippen MR) is 71.4 cm³/mol. The SMILES string of the molecule is CCOC(C(C)C)C(O)Cc1cccc(Cl)c1F. The maximum absolute atomic E-state index is 13.7. The normalized spacial score (nSPS) is 14.8. The van der Waals surface area contributed by atoms with E-state index in [1.54, 1.807) is 12.1 Å². The number of aliphatic hydroxyl groups is 1. The molecule has 1 aromatic rings. The van der Waals surface area contributed by atoms with Crippen LogP contribution in [0.2, 0.25) is 5.02 Å². The smallest absolute Gasteiger partial charge is 0.145 e. The summed E-state index contributed by atoms with van der Waals surface area (Å²) in [5.74, 6) is -0.292. The zero-order valence-corrected chi connectivity index (χ0v) is 11.7. The van der Waals surface area contributed by atoms with Crippen LogP contribution in [0, 0.1) is 11.7 Å². The highest BCUT2D eigenvalue weighted by Gasteiger charge is 2.24. The highest BCUT2D eigenvalue weighted by atomic mass is 35.5. The van der Waals surface area contributed by atoms with Crippen molar-refractivity contribution in [2.24, 2.45) is 5.92 Å². The standard InChI is InChI=1S/C14H20ClFO2/c1-4-18-14(9(2)3)12(17)8-10-6-5-7-11(15)13(10)16/h5-7,9,12,14,17H,4,8H2,1-3H3. The van der Waals surface area contributed by atoms with Gasteiger partial charge in [0.05, 0.1) is 17.2 Å². The molecule has 0 heterocycles. The predicted octanol–water partition coefficient (Wildman–Crippen LogP) is 3.44.